The number of rotatable bonds is 6. The minimum absolute atomic E-state index is 0.167. The van der Waals surface area contributed by atoms with E-state index < -0.39 is 0 Å². The van der Waals surface area contributed by atoms with Crippen LogP contribution in [0.15, 0.2) is 6.20 Å². The lowest BCUT2D eigenvalue weighted by Gasteiger charge is -2.11. The second-order valence-corrected chi connectivity index (χ2v) is 3.88. The minimum Gasteiger partial charge on any atom is -0.462 e. The van der Waals surface area contributed by atoms with Crippen molar-refractivity contribution in [3.8, 4) is 0 Å². The lowest BCUT2D eigenvalue weighted by Crippen LogP contribution is -2.13. The largest absolute Gasteiger partial charge is 0.462 e. The minimum atomic E-state index is -0.344. The highest BCUT2D eigenvalue weighted by Gasteiger charge is 2.17. The van der Waals surface area contributed by atoms with E-state index in [9.17, 15) is 4.79 Å². The van der Waals surface area contributed by atoms with Crippen LogP contribution in [0.4, 0.5) is 0 Å². The number of aryl methyl sites for hydroxylation is 1. The average Bonchev–Trinajstić information content (AvgIpc) is 2.68. The predicted molar refractivity (Wildman–Crippen MR) is 63.7 cm³/mol. The summed E-state index contributed by atoms with van der Waals surface area (Å²) in [5.74, 6) is -0.344. The molecule has 0 radical (unpaired) electrons. The molecule has 5 heteroatoms. The molecule has 1 unspecified atom stereocenters. The molecule has 0 spiro atoms. The van der Waals surface area contributed by atoms with Gasteiger partial charge in [0.1, 0.15) is 5.56 Å². The number of nitrogens with zero attached hydrogens (tertiary/aromatic N) is 2. The molecular formula is C12H20N2O3. The van der Waals surface area contributed by atoms with Gasteiger partial charge in [0.2, 0.25) is 0 Å². The van der Waals surface area contributed by atoms with Crippen molar-refractivity contribution >= 4 is 5.97 Å². The van der Waals surface area contributed by atoms with Crippen molar-refractivity contribution < 1.29 is 14.3 Å². The third-order valence-corrected chi connectivity index (χ3v) is 2.64. The number of ether oxygens (including phenoxy) is 2. The molecule has 1 aromatic heterocycles. The molecule has 0 aliphatic heterocycles. The first-order valence-electron chi connectivity index (χ1n) is 5.89. The lowest BCUT2D eigenvalue weighted by molar-refractivity contribution is 0.0424. The first-order valence-corrected chi connectivity index (χ1v) is 5.89. The van der Waals surface area contributed by atoms with Gasteiger partial charge < -0.3 is 9.47 Å². The molecule has 0 saturated carbocycles. The maximum atomic E-state index is 11.7. The zero-order chi connectivity index (χ0) is 12.8. The molecule has 0 bridgehead atoms. The molecule has 1 rings (SSSR count). The summed E-state index contributed by atoms with van der Waals surface area (Å²) in [6, 6.07) is 0. The Labute approximate surface area is 102 Å². The summed E-state index contributed by atoms with van der Waals surface area (Å²) < 4.78 is 12.2. The highest BCUT2D eigenvalue weighted by Crippen LogP contribution is 2.12. The molecule has 0 saturated heterocycles. The fourth-order valence-corrected chi connectivity index (χ4v) is 1.35. The number of hydrogen-bond donors (Lipinski definition) is 0. The van der Waals surface area contributed by atoms with E-state index in [1.165, 1.54) is 6.20 Å². The van der Waals surface area contributed by atoms with Gasteiger partial charge in [-0.3, -0.25) is 4.68 Å². The summed E-state index contributed by atoms with van der Waals surface area (Å²) in [7, 11) is 1.79. The van der Waals surface area contributed by atoms with Gasteiger partial charge in [0.05, 0.1) is 31.2 Å². The third kappa shape index (κ3) is 3.56. The van der Waals surface area contributed by atoms with Crippen LogP contribution in [0.3, 0.4) is 0 Å². The van der Waals surface area contributed by atoms with Crippen LogP contribution in [0.2, 0.25) is 0 Å². The monoisotopic (exact) mass is 240 g/mol. The summed E-state index contributed by atoms with van der Waals surface area (Å²) in [5.41, 5.74) is 1.24. The van der Waals surface area contributed by atoms with Gasteiger partial charge in [-0.2, -0.15) is 5.10 Å². The van der Waals surface area contributed by atoms with Gasteiger partial charge >= 0.3 is 5.97 Å². The highest BCUT2D eigenvalue weighted by atomic mass is 16.5. The van der Waals surface area contributed by atoms with Crippen LogP contribution in [0.1, 0.15) is 43.2 Å². The summed E-state index contributed by atoms with van der Waals surface area (Å²) >= 11 is 0. The van der Waals surface area contributed by atoms with Crippen molar-refractivity contribution in [1.82, 2.24) is 9.78 Å². The van der Waals surface area contributed by atoms with Gasteiger partial charge in [-0.05, 0) is 20.3 Å². The van der Waals surface area contributed by atoms with Crippen LogP contribution in [0, 0.1) is 0 Å². The Morgan fingerprint density at radius 1 is 1.53 bits per heavy atom. The van der Waals surface area contributed by atoms with E-state index in [2.05, 4.69) is 12.0 Å². The molecule has 1 aromatic rings. The molecule has 0 aliphatic rings. The molecule has 0 aromatic carbocycles. The molecule has 1 atom stereocenters. The van der Waals surface area contributed by atoms with Gasteiger partial charge in [0.15, 0.2) is 0 Å². The van der Waals surface area contributed by atoms with Crippen molar-refractivity contribution in [2.24, 2.45) is 7.05 Å². The molecular weight excluding hydrogens is 220 g/mol. The highest BCUT2D eigenvalue weighted by molar-refractivity contribution is 5.90. The normalized spacial score (nSPS) is 12.5. The Balaban J connectivity index is 2.76. The van der Waals surface area contributed by atoms with E-state index in [1.807, 2.05) is 6.92 Å². The van der Waals surface area contributed by atoms with Gasteiger partial charge in [-0.1, -0.05) is 6.92 Å². The molecule has 0 amide bonds. The predicted octanol–water partition coefficient (Wildman–Crippen LogP) is 1.91. The molecule has 0 fully saturated rings. The lowest BCUT2D eigenvalue weighted by atomic mass is 10.2. The Bertz CT molecular complexity index is 374. The fourth-order valence-electron chi connectivity index (χ4n) is 1.35. The van der Waals surface area contributed by atoms with Gasteiger partial charge in [-0.15, -0.1) is 0 Å². The molecule has 96 valence electrons. The molecule has 0 N–H and O–H groups in total. The van der Waals surface area contributed by atoms with Crippen molar-refractivity contribution in [2.75, 3.05) is 6.61 Å². The zero-order valence-electron chi connectivity index (χ0n) is 10.9. The molecule has 1 heterocycles. The van der Waals surface area contributed by atoms with E-state index in [-0.39, 0.29) is 12.1 Å². The van der Waals surface area contributed by atoms with E-state index >= 15 is 0 Å². The van der Waals surface area contributed by atoms with Gasteiger partial charge in [-0.25, -0.2) is 4.79 Å². The van der Waals surface area contributed by atoms with E-state index in [0.717, 1.165) is 12.1 Å². The van der Waals surface area contributed by atoms with Crippen molar-refractivity contribution in [2.45, 2.75) is 39.9 Å². The first-order chi connectivity index (χ1) is 8.10. The van der Waals surface area contributed by atoms with Gasteiger partial charge in [0.25, 0.3) is 0 Å². The van der Waals surface area contributed by atoms with Crippen LogP contribution >= 0.6 is 0 Å². The number of carbonyl (C=O) groups is 1. The van der Waals surface area contributed by atoms with Crippen molar-refractivity contribution in [3.05, 3.63) is 17.5 Å². The van der Waals surface area contributed by atoms with Gasteiger partial charge in [0, 0.05) is 7.05 Å². The van der Waals surface area contributed by atoms with Crippen molar-refractivity contribution in [3.63, 3.8) is 0 Å². The maximum Gasteiger partial charge on any atom is 0.341 e. The number of esters is 1. The Morgan fingerprint density at radius 3 is 2.82 bits per heavy atom. The summed E-state index contributed by atoms with van der Waals surface area (Å²) in [6.07, 6.45) is 2.62. The SMILES string of the molecule is CCOC(=O)c1cnn(C)c1COC(C)CC. The molecule has 5 nitrogen and oxygen atoms in total. The summed E-state index contributed by atoms with van der Waals surface area (Å²) in [5, 5.41) is 4.06. The number of aromatic nitrogens is 2. The van der Waals surface area contributed by atoms with Crippen molar-refractivity contribution in [1.29, 1.82) is 0 Å². The standard InChI is InChI=1S/C12H20N2O3/c1-5-9(3)17-8-11-10(7-13-14(11)4)12(15)16-6-2/h7,9H,5-6,8H2,1-4H3. The fraction of sp³-hybridized carbons (Fsp3) is 0.667. The second-order valence-electron chi connectivity index (χ2n) is 3.88. The van der Waals surface area contributed by atoms with Crippen LogP contribution in [0.25, 0.3) is 0 Å². The van der Waals surface area contributed by atoms with E-state index in [1.54, 1.807) is 18.7 Å². The average molecular weight is 240 g/mol. The Kier molecular flexibility index (Phi) is 5.15. The molecule has 0 aliphatic carbocycles. The number of carbonyl (C=O) groups excluding carboxylic acids is 1. The summed E-state index contributed by atoms with van der Waals surface area (Å²) in [4.78, 5) is 11.7. The van der Waals surface area contributed by atoms with Crippen LogP contribution in [0.5, 0.6) is 0 Å². The first kappa shape index (κ1) is 13.7. The Morgan fingerprint density at radius 2 is 2.24 bits per heavy atom. The topological polar surface area (TPSA) is 53.3 Å². The smallest absolute Gasteiger partial charge is 0.341 e. The molecule has 17 heavy (non-hydrogen) atoms. The Hall–Kier alpha value is -1.36. The second kappa shape index (κ2) is 6.39. The van der Waals surface area contributed by atoms with Crippen LogP contribution < -0.4 is 0 Å². The third-order valence-electron chi connectivity index (χ3n) is 2.64. The maximum absolute atomic E-state index is 11.7. The van der Waals surface area contributed by atoms with Crippen LogP contribution in [-0.4, -0.2) is 28.5 Å². The van der Waals surface area contributed by atoms with E-state index in [0.29, 0.717) is 18.8 Å². The quantitative estimate of drug-likeness (QED) is 0.713. The van der Waals surface area contributed by atoms with E-state index in [4.69, 9.17) is 9.47 Å². The summed E-state index contributed by atoms with van der Waals surface area (Å²) in [6.45, 7) is 6.57. The zero-order valence-corrected chi connectivity index (χ0v) is 10.9. The van der Waals surface area contributed by atoms with Crippen LogP contribution in [-0.2, 0) is 23.1 Å². The number of hydrogen-bond acceptors (Lipinski definition) is 4.